The van der Waals surface area contributed by atoms with Crippen molar-refractivity contribution in [1.29, 1.82) is 0 Å². The fourth-order valence-electron chi connectivity index (χ4n) is 2.11. The van der Waals surface area contributed by atoms with E-state index in [4.69, 9.17) is 11.6 Å². The molecule has 0 saturated heterocycles. The van der Waals surface area contributed by atoms with Gasteiger partial charge in [-0.2, -0.15) is 0 Å². The first-order valence-corrected chi connectivity index (χ1v) is 7.76. The molecule has 0 fully saturated rings. The first-order valence-electron chi connectivity index (χ1n) is 7.38. The minimum absolute atomic E-state index is 0.358. The molecule has 0 N–H and O–H groups in total. The number of halogens is 3. The van der Waals surface area contributed by atoms with Gasteiger partial charge in [-0.05, 0) is 48.7 Å². The first-order chi connectivity index (χ1) is 10.9. The summed E-state index contributed by atoms with van der Waals surface area (Å²) in [6.45, 7) is 4.80. The molecule has 0 amide bonds. The zero-order valence-corrected chi connectivity index (χ0v) is 14.2. The van der Waals surface area contributed by atoms with Gasteiger partial charge in [0.05, 0.1) is 17.0 Å². The standard InChI is InChI=1S/C18H19ClF2N2/c1-4-23(3)11-22-18-7-12(2)14(9-16(18)19)8-13-5-6-15(20)10-17(13)21/h5-7,9-11H,4,8H2,1-3H3. The van der Waals surface area contributed by atoms with Crippen molar-refractivity contribution in [3.05, 3.63) is 63.7 Å². The highest BCUT2D eigenvalue weighted by atomic mass is 35.5. The van der Waals surface area contributed by atoms with E-state index in [1.807, 2.05) is 31.9 Å². The molecule has 2 nitrogen and oxygen atoms in total. The zero-order chi connectivity index (χ0) is 17.0. The molecule has 0 radical (unpaired) electrons. The Labute approximate surface area is 140 Å². The summed E-state index contributed by atoms with van der Waals surface area (Å²) in [5, 5.41) is 0.508. The smallest absolute Gasteiger partial charge is 0.129 e. The van der Waals surface area contributed by atoms with Crippen molar-refractivity contribution in [1.82, 2.24) is 4.90 Å². The number of nitrogens with zero attached hydrogens (tertiary/aromatic N) is 2. The van der Waals surface area contributed by atoms with E-state index in [2.05, 4.69) is 4.99 Å². The largest absolute Gasteiger partial charge is 0.366 e. The van der Waals surface area contributed by atoms with Crippen LogP contribution in [0.15, 0.2) is 35.3 Å². The third kappa shape index (κ3) is 4.52. The van der Waals surface area contributed by atoms with Crippen LogP contribution in [-0.2, 0) is 6.42 Å². The fraction of sp³-hybridized carbons (Fsp3) is 0.278. The predicted molar refractivity (Wildman–Crippen MR) is 91.8 cm³/mol. The van der Waals surface area contributed by atoms with Crippen molar-refractivity contribution in [2.45, 2.75) is 20.3 Å². The molecule has 0 saturated carbocycles. The van der Waals surface area contributed by atoms with Crippen molar-refractivity contribution in [3.8, 4) is 0 Å². The van der Waals surface area contributed by atoms with Gasteiger partial charge in [0, 0.05) is 26.1 Å². The van der Waals surface area contributed by atoms with Gasteiger partial charge in [0.15, 0.2) is 0 Å². The molecule has 0 unspecified atom stereocenters. The van der Waals surface area contributed by atoms with Crippen LogP contribution in [0.2, 0.25) is 5.02 Å². The van der Waals surface area contributed by atoms with Gasteiger partial charge in [-0.1, -0.05) is 17.7 Å². The molecular weight excluding hydrogens is 318 g/mol. The minimum Gasteiger partial charge on any atom is -0.366 e. The number of hydrogen-bond donors (Lipinski definition) is 0. The van der Waals surface area contributed by atoms with Crippen LogP contribution >= 0.6 is 11.6 Å². The summed E-state index contributed by atoms with van der Waals surface area (Å²) in [7, 11) is 1.93. The fourth-order valence-corrected chi connectivity index (χ4v) is 2.34. The summed E-state index contributed by atoms with van der Waals surface area (Å²) in [5.74, 6) is -1.13. The topological polar surface area (TPSA) is 15.6 Å². The molecule has 122 valence electrons. The second kappa shape index (κ2) is 7.55. The molecule has 0 atom stereocenters. The highest BCUT2D eigenvalue weighted by Gasteiger charge is 2.10. The Morgan fingerprint density at radius 3 is 2.57 bits per heavy atom. The Morgan fingerprint density at radius 2 is 1.91 bits per heavy atom. The van der Waals surface area contributed by atoms with Gasteiger partial charge in [-0.3, -0.25) is 0 Å². The van der Waals surface area contributed by atoms with Crippen LogP contribution in [-0.4, -0.2) is 24.8 Å². The van der Waals surface area contributed by atoms with Crippen molar-refractivity contribution in [2.75, 3.05) is 13.6 Å². The van der Waals surface area contributed by atoms with E-state index in [9.17, 15) is 8.78 Å². The third-order valence-corrected chi connectivity index (χ3v) is 4.00. The van der Waals surface area contributed by atoms with Crippen LogP contribution in [0.4, 0.5) is 14.5 Å². The van der Waals surface area contributed by atoms with Crippen molar-refractivity contribution < 1.29 is 8.78 Å². The number of aliphatic imine (C=N–C) groups is 1. The van der Waals surface area contributed by atoms with Crippen molar-refractivity contribution >= 4 is 23.6 Å². The van der Waals surface area contributed by atoms with Gasteiger partial charge >= 0.3 is 0 Å². The highest BCUT2D eigenvalue weighted by molar-refractivity contribution is 6.33. The molecule has 0 aliphatic carbocycles. The van der Waals surface area contributed by atoms with Crippen molar-refractivity contribution in [2.24, 2.45) is 4.99 Å². The molecule has 2 aromatic rings. The van der Waals surface area contributed by atoms with Crippen molar-refractivity contribution in [3.63, 3.8) is 0 Å². The number of rotatable bonds is 5. The lowest BCUT2D eigenvalue weighted by molar-refractivity contribution is 0.552. The van der Waals surface area contributed by atoms with Gasteiger partial charge in [0.2, 0.25) is 0 Å². The van der Waals surface area contributed by atoms with Gasteiger partial charge < -0.3 is 4.90 Å². The maximum Gasteiger partial charge on any atom is 0.129 e. The molecule has 0 spiro atoms. The van der Waals surface area contributed by atoms with E-state index < -0.39 is 11.6 Å². The van der Waals surface area contributed by atoms with E-state index in [-0.39, 0.29) is 0 Å². The van der Waals surface area contributed by atoms with Gasteiger partial charge in [0.25, 0.3) is 0 Å². The summed E-state index contributed by atoms with van der Waals surface area (Å²) in [6, 6.07) is 7.28. The number of benzene rings is 2. The van der Waals surface area contributed by atoms with Crippen LogP contribution in [0.5, 0.6) is 0 Å². The summed E-state index contributed by atoms with van der Waals surface area (Å²) in [4.78, 5) is 6.30. The summed E-state index contributed by atoms with van der Waals surface area (Å²) in [6.07, 6.45) is 2.08. The number of hydrogen-bond acceptors (Lipinski definition) is 1. The molecule has 0 aliphatic rings. The summed E-state index contributed by atoms with van der Waals surface area (Å²) >= 11 is 6.27. The third-order valence-electron chi connectivity index (χ3n) is 3.69. The van der Waals surface area contributed by atoms with Crippen LogP contribution < -0.4 is 0 Å². The Kier molecular flexibility index (Phi) is 5.72. The maximum atomic E-state index is 13.8. The molecule has 5 heteroatoms. The van der Waals surface area contributed by atoms with Crippen LogP contribution in [0.3, 0.4) is 0 Å². The van der Waals surface area contributed by atoms with Gasteiger partial charge in [-0.25, -0.2) is 13.8 Å². The average Bonchev–Trinajstić information content (AvgIpc) is 2.51. The zero-order valence-electron chi connectivity index (χ0n) is 13.4. The molecule has 0 aliphatic heterocycles. The van der Waals surface area contributed by atoms with E-state index >= 15 is 0 Å². The quantitative estimate of drug-likeness (QED) is 0.546. The van der Waals surface area contributed by atoms with E-state index in [1.54, 1.807) is 12.4 Å². The monoisotopic (exact) mass is 336 g/mol. The van der Waals surface area contributed by atoms with Crippen LogP contribution in [0.1, 0.15) is 23.6 Å². The second-order valence-electron chi connectivity index (χ2n) is 5.46. The molecule has 23 heavy (non-hydrogen) atoms. The summed E-state index contributed by atoms with van der Waals surface area (Å²) in [5.41, 5.74) is 2.97. The summed E-state index contributed by atoms with van der Waals surface area (Å²) < 4.78 is 26.8. The predicted octanol–water partition coefficient (Wildman–Crippen LogP) is 5.13. The second-order valence-corrected chi connectivity index (χ2v) is 5.87. The lowest BCUT2D eigenvalue weighted by Gasteiger charge is -2.11. The Hall–Kier alpha value is -1.94. The molecule has 0 aromatic heterocycles. The lowest BCUT2D eigenvalue weighted by Crippen LogP contribution is -2.14. The lowest BCUT2D eigenvalue weighted by atomic mass is 9.99. The van der Waals surface area contributed by atoms with Crippen LogP contribution in [0, 0.1) is 18.6 Å². The molecule has 0 heterocycles. The normalized spacial score (nSPS) is 11.2. The van der Waals surface area contributed by atoms with E-state index in [1.165, 1.54) is 12.1 Å². The SMILES string of the molecule is CCN(C)C=Nc1cc(C)c(Cc2ccc(F)cc2F)cc1Cl. The first kappa shape index (κ1) is 17.4. The van der Waals surface area contributed by atoms with Gasteiger partial charge in [0.1, 0.15) is 11.6 Å². The highest BCUT2D eigenvalue weighted by Crippen LogP contribution is 2.30. The van der Waals surface area contributed by atoms with E-state index in [0.717, 1.165) is 23.7 Å². The number of aryl methyl sites for hydroxylation is 1. The molecular formula is C18H19ClF2N2. The van der Waals surface area contributed by atoms with Crippen LogP contribution in [0.25, 0.3) is 0 Å². The van der Waals surface area contributed by atoms with Gasteiger partial charge in [-0.15, -0.1) is 0 Å². The van der Waals surface area contributed by atoms with E-state index in [0.29, 0.717) is 22.7 Å². The molecule has 0 bridgehead atoms. The maximum absolute atomic E-state index is 13.8. The molecule has 2 aromatic carbocycles. The Balaban J connectivity index is 2.27. The average molecular weight is 337 g/mol. The minimum atomic E-state index is -0.578. The Morgan fingerprint density at radius 1 is 1.17 bits per heavy atom. The Bertz CT molecular complexity index is 729. The molecule has 2 rings (SSSR count).